The molecule has 2 fully saturated rings. The van der Waals surface area contributed by atoms with Crippen LogP contribution in [0.4, 0.5) is 4.39 Å². The molecule has 3 N–H and O–H groups in total. The van der Waals surface area contributed by atoms with Crippen LogP contribution < -0.4 is 10.5 Å². The lowest BCUT2D eigenvalue weighted by atomic mass is 9.85. The second-order valence-corrected chi connectivity index (χ2v) is 8.12. The molecular weight excluding hydrogens is 387 g/mol. The molecule has 2 aliphatic heterocycles. The average Bonchev–Trinajstić information content (AvgIpc) is 3.09. The number of hydrogen-bond donors (Lipinski definition) is 2. The Morgan fingerprint density at radius 3 is 2.90 bits per heavy atom. The fraction of sp³-hybridized carbons (Fsp3) is 0.381. The van der Waals surface area contributed by atoms with E-state index in [1.165, 1.54) is 12.4 Å². The summed E-state index contributed by atoms with van der Waals surface area (Å²) < 4.78 is 20.4. The van der Waals surface area contributed by atoms with Gasteiger partial charge in [0.25, 0.3) is 0 Å². The Morgan fingerprint density at radius 1 is 1.37 bits per heavy atom. The van der Waals surface area contributed by atoms with Crippen molar-refractivity contribution in [2.24, 2.45) is 5.73 Å². The van der Waals surface area contributed by atoms with Crippen LogP contribution in [0.3, 0.4) is 0 Å². The Hall–Kier alpha value is -3.04. The standard InChI is InChI=1S/C21H23FN6O2/c1-11-7-24-19-18(11)20(26-10-25-19)30-17-4-3-12(5-13(17)22)6-14(23)21(29)28-9-15-16(28)8-27(15)2/h3-5,7,10,14-16H,6,8-9,23H2,1-2H3,(H,24,25,26)/t14-,15?,16?/m0/s1. The first kappa shape index (κ1) is 19.0. The van der Waals surface area contributed by atoms with Crippen LogP contribution >= 0.6 is 0 Å². The predicted molar refractivity (Wildman–Crippen MR) is 109 cm³/mol. The highest BCUT2D eigenvalue weighted by Crippen LogP contribution is 2.33. The molecule has 1 amide bonds. The molecule has 5 rings (SSSR count). The van der Waals surface area contributed by atoms with Crippen LogP contribution in [0.1, 0.15) is 11.1 Å². The second-order valence-electron chi connectivity index (χ2n) is 8.12. The number of nitrogens with one attached hydrogen (secondary N) is 1. The molecule has 0 bridgehead atoms. The van der Waals surface area contributed by atoms with Crippen LogP contribution in [-0.4, -0.2) is 68.9 Å². The minimum absolute atomic E-state index is 0.0577. The maximum atomic E-state index is 14.7. The summed E-state index contributed by atoms with van der Waals surface area (Å²) in [6.07, 6.45) is 3.44. The Balaban J connectivity index is 1.28. The number of likely N-dealkylation sites (tertiary alicyclic amines) is 2. The van der Waals surface area contributed by atoms with Crippen molar-refractivity contribution in [1.29, 1.82) is 0 Å². The molecular formula is C21H23FN6O2. The van der Waals surface area contributed by atoms with Gasteiger partial charge in [0.05, 0.1) is 17.5 Å². The van der Waals surface area contributed by atoms with Crippen LogP contribution in [0.15, 0.2) is 30.7 Å². The number of H-pyrrole nitrogens is 1. The summed E-state index contributed by atoms with van der Waals surface area (Å²) in [5.74, 6) is -0.259. The number of halogens is 1. The summed E-state index contributed by atoms with van der Waals surface area (Å²) in [4.78, 5) is 28.0. The number of amides is 1. The number of piperazine rings is 1. The lowest BCUT2D eigenvalue weighted by Gasteiger charge is -2.61. The minimum atomic E-state index is -0.688. The zero-order valence-electron chi connectivity index (χ0n) is 16.8. The van der Waals surface area contributed by atoms with Crippen molar-refractivity contribution in [3.05, 3.63) is 47.7 Å². The number of aromatic nitrogens is 3. The molecule has 8 nitrogen and oxygen atoms in total. The molecule has 9 heteroatoms. The topological polar surface area (TPSA) is 100 Å². The highest BCUT2D eigenvalue weighted by molar-refractivity contribution is 5.85. The third-order valence-electron chi connectivity index (χ3n) is 6.16. The van der Waals surface area contributed by atoms with Gasteiger partial charge in [-0.1, -0.05) is 6.07 Å². The molecule has 156 valence electrons. The van der Waals surface area contributed by atoms with Gasteiger partial charge in [0.1, 0.15) is 12.0 Å². The van der Waals surface area contributed by atoms with Gasteiger partial charge in [-0.2, -0.15) is 0 Å². The number of benzene rings is 1. The zero-order valence-corrected chi connectivity index (χ0v) is 16.8. The third-order valence-corrected chi connectivity index (χ3v) is 6.16. The van der Waals surface area contributed by atoms with Crippen molar-refractivity contribution in [3.63, 3.8) is 0 Å². The Labute approximate surface area is 172 Å². The summed E-state index contributed by atoms with van der Waals surface area (Å²) in [5, 5.41) is 0.711. The lowest BCUT2D eigenvalue weighted by molar-refractivity contribution is -0.163. The van der Waals surface area contributed by atoms with Crippen molar-refractivity contribution in [1.82, 2.24) is 24.8 Å². The average molecular weight is 410 g/mol. The summed E-state index contributed by atoms with van der Waals surface area (Å²) in [6, 6.07) is 4.69. The number of rotatable bonds is 5. The van der Waals surface area contributed by atoms with E-state index in [1.54, 1.807) is 18.3 Å². The SMILES string of the molecule is Cc1c[nH]c2ncnc(Oc3ccc(C[C@H](N)C(=O)N4CC5C4CN5C)cc3F)c12. The highest BCUT2D eigenvalue weighted by atomic mass is 19.1. The van der Waals surface area contributed by atoms with Crippen LogP contribution in [0.2, 0.25) is 0 Å². The smallest absolute Gasteiger partial charge is 0.240 e. The van der Waals surface area contributed by atoms with E-state index in [1.807, 2.05) is 11.8 Å². The zero-order chi connectivity index (χ0) is 21.0. The van der Waals surface area contributed by atoms with Gasteiger partial charge in [0, 0.05) is 25.3 Å². The summed E-state index contributed by atoms with van der Waals surface area (Å²) in [5.41, 5.74) is 8.31. The highest BCUT2D eigenvalue weighted by Gasteiger charge is 2.52. The van der Waals surface area contributed by atoms with Gasteiger partial charge in [-0.3, -0.25) is 9.69 Å². The second kappa shape index (κ2) is 7.03. The number of fused-ring (bicyclic) bond motifs is 2. The number of nitrogens with zero attached hydrogens (tertiary/aromatic N) is 4. The summed E-state index contributed by atoms with van der Waals surface area (Å²) in [7, 11) is 2.05. The van der Waals surface area contributed by atoms with E-state index in [0.29, 0.717) is 22.6 Å². The molecule has 2 saturated heterocycles. The molecule has 1 aromatic carbocycles. The number of hydrogen-bond acceptors (Lipinski definition) is 6. The van der Waals surface area contributed by atoms with Gasteiger partial charge in [-0.25, -0.2) is 14.4 Å². The monoisotopic (exact) mass is 410 g/mol. The number of aryl methyl sites for hydroxylation is 1. The van der Waals surface area contributed by atoms with E-state index in [9.17, 15) is 9.18 Å². The number of aromatic amines is 1. The van der Waals surface area contributed by atoms with Gasteiger partial charge in [0.2, 0.25) is 11.8 Å². The van der Waals surface area contributed by atoms with Crippen LogP contribution in [0, 0.1) is 12.7 Å². The first-order valence-electron chi connectivity index (χ1n) is 9.93. The number of nitrogens with two attached hydrogens (primary N) is 1. The number of carbonyl (C=O) groups is 1. The van der Waals surface area contributed by atoms with Crippen molar-refractivity contribution in [3.8, 4) is 11.6 Å². The van der Waals surface area contributed by atoms with Crippen LogP contribution in [-0.2, 0) is 11.2 Å². The lowest BCUT2D eigenvalue weighted by Crippen LogP contribution is -2.79. The van der Waals surface area contributed by atoms with Gasteiger partial charge >= 0.3 is 0 Å². The van der Waals surface area contributed by atoms with E-state index >= 15 is 0 Å². The molecule has 3 aromatic rings. The maximum absolute atomic E-state index is 14.7. The molecule has 2 aromatic heterocycles. The Bertz CT molecular complexity index is 1130. The molecule has 0 aliphatic carbocycles. The third kappa shape index (κ3) is 3.01. The Morgan fingerprint density at radius 2 is 2.20 bits per heavy atom. The normalized spacial score (nSPS) is 21.7. The number of carbonyl (C=O) groups excluding carboxylic acids is 1. The summed E-state index contributed by atoms with van der Waals surface area (Å²) in [6.45, 7) is 3.51. The van der Waals surface area contributed by atoms with Crippen molar-refractivity contribution < 1.29 is 13.9 Å². The number of ether oxygens (including phenoxy) is 1. The fourth-order valence-electron chi connectivity index (χ4n) is 4.30. The van der Waals surface area contributed by atoms with E-state index in [4.69, 9.17) is 10.5 Å². The first-order chi connectivity index (χ1) is 14.4. The molecule has 0 spiro atoms. The molecule has 0 saturated carbocycles. The molecule has 4 heterocycles. The molecule has 2 unspecified atom stereocenters. The molecule has 3 atom stereocenters. The predicted octanol–water partition coefficient (Wildman–Crippen LogP) is 1.59. The van der Waals surface area contributed by atoms with E-state index in [0.717, 1.165) is 18.7 Å². The minimum Gasteiger partial charge on any atom is -0.435 e. The largest absolute Gasteiger partial charge is 0.435 e. The summed E-state index contributed by atoms with van der Waals surface area (Å²) >= 11 is 0. The quantitative estimate of drug-likeness (QED) is 0.663. The molecule has 30 heavy (non-hydrogen) atoms. The van der Waals surface area contributed by atoms with Gasteiger partial charge in [-0.05, 0) is 43.7 Å². The molecule has 2 aliphatic rings. The van der Waals surface area contributed by atoms with E-state index in [2.05, 4.69) is 26.9 Å². The van der Waals surface area contributed by atoms with Crippen LogP contribution in [0.25, 0.3) is 11.0 Å². The van der Waals surface area contributed by atoms with Gasteiger partial charge in [0.15, 0.2) is 11.6 Å². The number of likely N-dealkylation sites (N-methyl/N-ethyl adjacent to an activating group) is 1. The maximum Gasteiger partial charge on any atom is 0.240 e. The van der Waals surface area contributed by atoms with Gasteiger partial charge in [-0.15, -0.1) is 0 Å². The van der Waals surface area contributed by atoms with Crippen LogP contribution in [0.5, 0.6) is 11.6 Å². The van der Waals surface area contributed by atoms with Crippen molar-refractivity contribution >= 4 is 16.9 Å². The van der Waals surface area contributed by atoms with Crippen molar-refractivity contribution in [2.75, 3.05) is 20.1 Å². The first-order valence-corrected chi connectivity index (χ1v) is 9.93. The van der Waals surface area contributed by atoms with E-state index < -0.39 is 11.9 Å². The Kier molecular flexibility index (Phi) is 4.44. The van der Waals surface area contributed by atoms with Gasteiger partial charge < -0.3 is 20.4 Å². The molecule has 0 radical (unpaired) electrons. The van der Waals surface area contributed by atoms with E-state index in [-0.39, 0.29) is 30.0 Å². The van der Waals surface area contributed by atoms with Crippen molar-refractivity contribution in [2.45, 2.75) is 31.5 Å². The fourth-order valence-corrected chi connectivity index (χ4v) is 4.30.